The highest BCUT2D eigenvalue weighted by atomic mass is 32.1. The van der Waals surface area contributed by atoms with Crippen LogP contribution in [-0.2, 0) is 16.0 Å². The molecule has 5 rings (SSSR count). The fourth-order valence-electron chi connectivity index (χ4n) is 3.76. The normalized spacial score (nSPS) is 16.8. The Hall–Kier alpha value is -2.99. The van der Waals surface area contributed by atoms with Crippen molar-refractivity contribution in [2.24, 2.45) is 0 Å². The summed E-state index contributed by atoms with van der Waals surface area (Å²) >= 11 is 1.68. The van der Waals surface area contributed by atoms with E-state index in [0.29, 0.717) is 5.56 Å². The molecule has 1 N–H and O–H groups in total. The molecule has 0 atom stereocenters. The van der Waals surface area contributed by atoms with E-state index < -0.39 is 5.97 Å². The molecular weight excluding hydrogens is 384 g/mol. The van der Waals surface area contributed by atoms with E-state index in [2.05, 4.69) is 17.5 Å². The van der Waals surface area contributed by atoms with E-state index in [1.54, 1.807) is 11.3 Å². The Balaban J connectivity index is 1.50. The third-order valence-electron chi connectivity index (χ3n) is 5.28. The van der Waals surface area contributed by atoms with E-state index in [1.807, 2.05) is 35.7 Å². The highest BCUT2D eigenvalue weighted by Crippen LogP contribution is 2.38. The zero-order valence-corrected chi connectivity index (χ0v) is 16.6. The van der Waals surface area contributed by atoms with Crippen molar-refractivity contribution in [3.8, 4) is 0 Å². The number of carbonyl (C=O) groups is 2. The van der Waals surface area contributed by atoms with Crippen molar-refractivity contribution < 1.29 is 14.3 Å². The number of amides is 1. The summed E-state index contributed by atoms with van der Waals surface area (Å²) < 4.78 is 5.40. The SMILES string of the molecule is O=C(COC(=O)c1c2c(nc3ccccc13)C(=Cc1cccs1)CC2)NC1CC1. The number of thiophene rings is 1. The topological polar surface area (TPSA) is 68.3 Å². The predicted octanol–water partition coefficient (Wildman–Crippen LogP) is 4.22. The number of ether oxygens (including phenoxy) is 1. The summed E-state index contributed by atoms with van der Waals surface area (Å²) in [7, 11) is 0. The minimum Gasteiger partial charge on any atom is -0.452 e. The number of hydrogen-bond acceptors (Lipinski definition) is 5. The van der Waals surface area contributed by atoms with Gasteiger partial charge in [-0.15, -0.1) is 11.3 Å². The van der Waals surface area contributed by atoms with E-state index in [0.717, 1.165) is 53.4 Å². The number of benzene rings is 1. The molecule has 0 unspecified atom stereocenters. The molecule has 1 saturated carbocycles. The van der Waals surface area contributed by atoms with Gasteiger partial charge in [-0.2, -0.15) is 0 Å². The molecule has 5 nitrogen and oxygen atoms in total. The summed E-state index contributed by atoms with van der Waals surface area (Å²) in [4.78, 5) is 31.0. The molecule has 1 fully saturated rings. The molecular formula is C23H20N2O3S. The first kappa shape index (κ1) is 18.1. The van der Waals surface area contributed by atoms with Gasteiger partial charge < -0.3 is 10.1 Å². The first-order valence-corrected chi connectivity index (χ1v) is 10.7. The van der Waals surface area contributed by atoms with Gasteiger partial charge in [-0.05, 0) is 60.4 Å². The Morgan fingerprint density at radius 1 is 1.17 bits per heavy atom. The molecule has 6 heteroatoms. The highest BCUT2D eigenvalue weighted by molar-refractivity contribution is 7.10. The molecule has 2 heterocycles. The van der Waals surface area contributed by atoms with Crippen LogP contribution >= 0.6 is 11.3 Å². The maximum atomic E-state index is 13.0. The zero-order valence-electron chi connectivity index (χ0n) is 15.8. The number of pyridine rings is 1. The third-order valence-corrected chi connectivity index (χ3v) is 6.10. The fourth-order valence-corrected chi connectivity index (χ4v) is 4.44. The Morgan fingerprint density at radius 3 is 2.83 bits per heavy atom. The van der Waals surface area contributed by atoms with Crippen molar-refractivity contribution in [2.45, 2.75) is 31.7 Å². The van der Waals surface area contributed by atoms with Crippen molar-refractivity contribution in [1.82, 2.24) is 10.3 Å². The predicted molar refractivity (Wildman–Crippen MR) is 114 cm³/mol. The van der Waals surface area contributed by atoms with Crippen LogP contribution in [0.2, 0.25) is 0 Å². The van der Waals surface area contributed by atoms with Gasteiger partial charge >= 0.3 is 5.97 Å². The fraction of sp³-hybridized carbons (Fsp3) is 0.261. The molecule has 0 aliphatic heterocycles. The standard InChI is InChI=1S/C23H20N2O3S/c26-20(24-15-8-9-15)13-28-23(27)21-17-5-1-2-6-19(17)25-22-14(7-10-18(21)22)12-16-4-3-11-29-16/h1-6,11-12,15H,7-10,13H2,(H,24,26). The Bertz CT molecular complexity index is 1130. The summed E-state index contributed by atoms with van der Waals surface area (Å²) in [5.74, 6) is -0.697. The number of esters is 1. The molecule has 0 spiro atoms. The van der Waals surface area contributed by atoms with Crippen LogP contribution in [0.15, 0.2) is 41.8 Å². The molecule has 0 bridgehead atoms. The number of hydrogen-bond donors (Lipinski definition) is 1. The molecule has 2 aliphatic carbocycles. The Morgan fingerprint density at radius 2 is 2.03 bits per heavy atom. The second-order valence-electron chi connectivity index (χ2n) is 7.43. The number of allylic oxidation sites excluding steroid dienone is 1. The summed E-state index contributed by atoms with van der Waals surface area (Å²) in [5.41, 5.74) is 4.22. The van der Waals surface area contributed by atoms with Crippen molar-refractivity contribution in [3.05, 3.63) is 63.5 Å². The van der Waals surface area contributed by atoms with Gasteiger partial charge in [-0.25, -0.2) is 9.78 Å². The number of rotatable bonds is 5. The first-order valence-electron chi connectivity index (χ1n) is 9.81. The van der Waals surface area contributed by atoms with Crippen LogP contribution in [0.5, 0.6) is 0 Å². The second-order valence-corrected chi connectivity index (χ2v) is 8.41. The third kappa shape index (κ3) is 3.68. The molecule has 1 aromatic carbocycles. The van der Waals surface area contributed by atoms with Crippen LogP contribution in [0.3, 0.4) is 0 Å². The van der Waals surface area contributed by atoms with Gasteiger partial charge in [0.25, 0.3) is 5.91 Å². The van der Waals surface area contributed by atoms with Crippen molar-refractivity contribution in [2.75, 3.05) is 6.61 Å². The second kappa shape index (κ2) is 7.44. The van der Waals surface area contributed by atoms with E-state index in [9.17, 15) is 9.59 Å². The maximum absolute atomic E-state index is 13.0. The maximum Gasteiger partial charge on any atom is 0.339 e. The van der Waals surface area contributed by atoms with Gasteiger partial charge in [0.15, 0.2) is 6.61 Å². The number of carbonyl (C=O) groups excluding carboxylic acids is 2. The number of fused-ring (bicyclic) bond motifs is 2. The van der Waals surface area contributed by atoms with Gasteiger partial charge in [-0.3, -0.25) is 4.79 Å². The molecule has 146 valence electrons. The molecule has 2 aliphatic rings. The number of nitrogens with zero attached hydrogens (tertiary/aromatic N) is 1. The van der Waals surface area contributed by atoms with Crippen molar-refractivity contribution >= 4 is 45.8 Å². The lowest BCUT2D eigenvalue weighted by atomic mass is 10.0. The summed E-state index contributed by atoms with van der Waals surface area (Å²) in [5, 5.41) is 5.67. The van der Waals surface area contributed by atoms with Crippen LogP contribution in [0.4, 0.5) is 0 Å². The molecule has 2 aromatic heterocycles. The highest BCUT2D eigenvalue weighted by Gasteiger charge is 2.28. The van der Waals surface area contributed by atoms with E-state index in [1.165, 1.54) is 4.88 Å². The van der Waals surface area contributed by atoms with Crippen LogP contribution < -0.4 is 5.32 Å². The monoisotopic (exact) mass is 404 g/mol. The van der Waals surface area contributed by atoms with Gasteiger partial charge in [0.05, 0.1) is 16.8 Å². The van der Waals surface area contributed by atoms with E-state index in [4.69, 9.17) is 9.72 Å². The minimum absolute atomic E-state index is 0.242. The number of para-hydroxylation sites is 1. The average Bonchev–Trinajstić information content (AvgIpc) is 3.22. The lowest BCUT2D eigenvalue weighted by molar-refractivity contribution is -0.124. The summed E-state index contributed by atoms with van der Waals surface area (Å²) in [6.45, 7) is -0.251. The number of aromatic nitrogens is 1. The molecule has 0 radical (unpaired) electrons. The first-order chi connectivity index (χ1) is 14.2. The summed E-state index contributed by atoms with van der Waals surface area (Å²) in [6.07, 6.45) is 5.72. The molecule has 1 amide bonds. The molecule has 29 heavy (non-hydrogen) atoms. The van der Waals surface area contributed by atoms with Crippen LogP contribution in [0, 0.1) is 0 Å². The van der Waals surface area contributed by atoms with Crippen LogP contribution in [-0.4, -0.2) is 29.5 Å². The Kier molecular flexibility index (Phi) is 4.64. The van der Waals surface area contributed by atoms with Gasteiger partial charge in [-0.1, -0.05) is 24.3 Å². The average molecular weight is 404 g/mol. The summed E-state index contributed by atoms with van der Waals surface area (Å²) in [6, 6.07) is 12.0. The van der Waals surface area contributed by atoms with E-state index >= 15 is 0 Å². The minimum atomic E-state index is -0.455. The zero-order chi connectivity index (χ0) is 19.8. The van der Waals surface area contributed by atoms with Gasteiger partial charge in [0, 0.05) is 16.3 Å². The van der Waals surface area contributed by atoms with Crippen LogP contribution in [0.1, 0.15) is 45.8 Å². The lowest BCUT2D eigenvalue weighted by Gasteiger charge is -2.12. The van der Waals surface area contributed by atoms with Crippen molar-refractivity contribution in [3.63, 3.8) is 0 Å². The van der Waals surface area contributed by atoms with Gasteiger partial charge in [0.2, 0.25) is 0 Å². The quantitative estimate of drug-likeness (QED) is 0.647. The van der Waals surface area contributed by atoms with Gasteiger partial charge in [0.1, 0.15) is 0 Å². The molecule has 0 saturated heterocycles. The van der Waals surface area contributed by atoms with E-state index in [-0.39, 0.29) is 18.6 Å². The van der Waals surface area contributed by atoms with Crippen molar-refractivity contribution in [1.29, 1.82) is 0 Å². The Labute approximate surface area is 172 Å². The molecule has 3 aromatic rings. The smallest absolute Gasteiger partial charge is 0.339 e. The van der Waals surface area contributed by atoms with Crippen LogP contribution in [0.25, 0.3) is 22.6 Å². The number of nitrogens with one attached hydrogen (secondary N) is 1. The largest absolute Gasteiger partial charge is 0.452 e. The lowest BCUT2D eigenvalue weighted by Crippen LogP contribution is -2.30.